The molecule has 9 heteroatoms. The molecule has 0 saturated heterocycles. The first-order valence-electron chi connectivity index (χ1n) is 32.2. The van der Waals surface area contributed by atoms with Crippen LogP contribution in [0.25, 0.3) is 9.65 Å². The summed E-state index contributed by atoms with van der Waals surface area (Å²) in [5, 5.41) is 1.33. The third kappa shape index (κ3) is 8.86. The third-order valence-electron chi connectivity index (χ3n) is 19.2. The predicted molar refractivity (Wildman–Crippen MR) is 397 cm³/mol. The molecule has 0 fully saturated rings. The fraction of sp³-hybridized carbons (Fsp3) is 0.0476. The Bertz CT molecular complexity index is 5090. The predicted octanol–water partition coefficient (Wildman–Crippen LogP) is 18.3. The zero-order valence-corrected chi connectivity index (χ0v) is 53.6. The van der Waals surface area contributed by atoms with Gasteiger partial charge in [0.1, 0.15) is 0 Å². The average Bonchev–Trinajstić information content (AvgIpc) is 1.60. The summed E-state index contributed by atoms with van der Waals surface area (Å²) in [6.45, 7) is 6.79. The van der Waals surface area contributed by atoms with Crippen LogP contribution < -0.4 is 61.1 Å². The first-order valence-corrected chi connectivity index (χ1v) is 33.9. The van der Waals surface area contributed by atoms with E-state index in [0.717, 1.165) is 79.6 Å². The first kappa shape index (κ1) is 54.9. The minimum absolute atomic E-state index is 0.0438. The normalized spacial score (nSPS) is 13.2. The molecule has 14 aromatic rings. The zero-order valence-electron chi connectivity index (χ0n) is 51.8. The molecule has 0 aliphatic carbocycles. The van der Waals surface area contributed by atoms with Gasteiger partial charge in [0, 0.05) is 0 Å². The monoisotopic (exact) mass is 1260 g/mol. The van der Waals surface area contributed by atoms with E-state index >= 15 is 0 Å². The number of fused-ring (bicyclic) bond motifs is 10. The van der Waals surface area contributed by atoms with Gasteiger partial charge in [-0.2, -0.15) is 0 Å². The SMILES string of the molecule is CC(C)(C)c1ccc2[se]c3c(c2c1)N(c1ccccc1)c1cc(N(c2ccccc2)c2ccccc2)cc2c1B3c1cc3c(cc1N2c1ccccc1)N(c1ccccc1)c1cc(N(c2ccccc2)c2ccccc2)cc2c1B3c1ccccc1N2c1ccccc1. The molecule has 1 aromatic heterocycles. The van der Waals surface area contributed by atoms with E-state index in [-0.39, 0.29) is 33.3 Å². The molecule has 4 aliphatic rings. The van der Waals surface area contributed by atoms with Crippen LogP contribution in [0.15, 0.2) is 322 Å². The maximum absolute atomic E-state index is 2.69. The van der Waals surface area contributed by atoms with Gasteiger partial charge in [-0.05, 0) is 24.3 Å². The number of benzene rings is 13. The van der Waals surface area contributed by atoms with Gasteiger partial charge in [-0.25, -0.2) is 0 Å². The van der Waals surface area contributed by atoms with Crippen molar-refractivity contribution in [2.24, 2.45) is 0 Å². The summed E-state index contributed by atoms with van der Waals surface area (Å²) < 4.78 is 2.90. The van der Waals surface area contributed by atoms with Gasteiger partial charge < -0.3 is 0 Å². The molecule has 18 rings (SSSR count). The van der Waals surface area contributed by atoms with E-state index < -0.39 is 0 Å². The average molecular weight is 1260 g/mol. The van der Waals surface area contributed by atoms with Crippen molar-refractivity contribution in [3.05, 3.63) is 327 Å². The number of hydrogen-bond donors (Lipinski definition) is 0. The Morgan fingerprint density at radius 1 is 0.290 bits per heavy atom. The molecule has 440 valence electrons. The standard InChI is InChI=1S/C84H62B2N6Se/c1-84(2,3)57-48-49-79-68(50-57)82-83(93-79)86-71-55-70-73(56-74(71)91(64-42-24-10-25-43-64)77-53-67(54-78(81(77)86)92(82)65-44-26-11-27-45-65)88(60-34-16-6-17-35-60)61-36-18-7-19-37-61)90(63-40-22-9-23-41-63)76-52-66(87(58-30-12-4-13-31-58)59-32-14-5-15-33-59)51-75-80(76)85(70)69-46-28-29-47-72(69)89(75)62-38-20-8-21-39-62/h4-56H,1-3H3. The van der Waals surface area contributed by atoms with E-state index in [1.807, 2.05) is 0 Å². The number of hydrogen-bond acceptors (Lipinski definition) is 6. The molecule has 0 unspecified atom stereocenters. The van der Waals surface area contributed by atoms with Crippen molar-refractivity contribution in [3.63, 3.8) is 0 Å². The summed E-state index contributed by atoms with van der Waals surface area (Å²) in [6.07, 6.45) is 0. The summed E-state index contributed by atoms with van der Waals surface area (Å²) in [7, 11) is 0. The second kappa shape index (κ2) is 21.9. The molecule has 0 radical (unpaired) electrons. The Morgan fingerprint density at radius 3 is 1.08 bits per heavy atom. The summed E-state index contributed by atoms with van der Waals surface area (Å²) in [4.78, 5) is 15.3. The van der Waals surface area contributed by atoms with E-state index in [0.29, 0.717) is 0 Å². The van der Waals surface area contributed by atoms with E-state index in [1.54, 1.807) is 0 Å². The van der Waals surface area contributed by atoms with Crippen LogP contribution in [0.5, 0.6) is 0 Å². The van der Waals surface area contributed by atoms with Gasteiger partial charge >= 0.3 is 488 Å². The molecule has 0 atom stereocenters. The fourth-order valence-electron chi connectivity index (χ4n) is 15.2. The van der Waals surface area contributed by atoms with Crippen LogP contribution in [-0.2, 0) is 5.41 Å². The molecule has 6 nitrogen and oxygen atoms in total. The van der Waals surface area contributed by atoms with Crippen LogP contribution >= 0.6 is 0 Å². The van der Waals surface area contributed by atoms with Crippen molar-refractivity contribution in [1.82, 2.24) is 0 Å². The van der Waals surface area contributed by atoms with Gasteiger partial charge in [0.05, 0.1) is 0 Å². The van der Waals surface area contributed by atoms with Crippen molar-refractivity contribution < 1.29 is 0 Å². The minimum atomic E-state index is -0.153. The van der Waals surface area contributed by atoms with Gasteiger partial charge in [0.25, 0.3) is 0 Å². The van der Waals surface area contributed by atoms with Crippen molar-refractivity contribution in [2.75, 3.05) is 29.4 Å². The van der Waals surface area contributed by atoms with Gasteiger partial charge in [-0.3, -0.25) is 0 Å². The topological polar surface area (TPSA) is 19.4 Å². The summed E-state index contributed by atoms with van der Waals surface area (Å²) >= 11 is -0.0438. The Kier molecular flexibility index (Phi) is 12.9. The Balaban J connectivity index is 0.984. The molecule has 5 heterocycles. The maximum atomic E-state index is 2.69. The summed E-state index contributed by atoms with van der Waals surface area (Å²) in [6, 6.07) is 120. The molecule has 13 aromatic carbocycles. The van der Waals surface area contributed by atoms with E-state index in [9.17, 15) is 0 Å². The van der Waals surface area contributed by atoms with Crippen LogP contribution in [0.3, 0.4) is 0 Å². The molecule has 0 saturated carbocycles. The quantitative estimate of drug-likeness (QED) is 0.126. The van der Waals surface area contributed by atoms with E-state index in [4.69, 9.17) is 0 Å². The second-order valence-corrected chi connectivity index (χ2v) is 27.9. The summed E-state index contributed by atoms with van der Waals surface area (Å²) in [5.74, 6) is 0. The molecule has 4 aliphatic heterocycles. The van der Waals surface area contributed by atoms with Crippen LogP contribution in [0.2, 0.25) is 0 Å². The summed E-state index contributed by atoms with van der Waals surface area (Å²) in [5.41, 5.74) is 28.0. The number of anilines is 18. The Morgan fingerprint density at radius 2 is 0.645 bits per heavy atom. The molecule has 93 heavy (non-hydrogen) atoms. The number of nitrogens with zero attached hydrogens (tertiary/aromatic N) is 6. The van der Waals surface area contributed by atoms with Crippen LogP contribution in [0, 0.1) is 0 Å². The number of para-hydroxylation sites is 9. The van der Waals surface area contributed by atoms with Crippen molar-refractivity contribution in [1.29, 1.82) is 0 Å². The van der Waals surface area contributed by atoms with Gasteiger partial charge in [0.15, 0.2) is 0 Å². The van der Waals surface area contributed by atoms with Crippen LogP contribution in [-0.4, -0.2) is 27.9 Å². The zero-order chi connectivity index (χ0) is 61.9. The van der Waals surface area contributed by atoms with Gasteiger partial charge in [-0.15, -0.1) is 0 Å². The van der Waals surface area contributed by atoms with Crippen LogP contribution in [0.4, 0.5) is 102 Å². The molecular weight excluding hydrogens is 1190 g/mol. The first-order chi connectivity index (χ1) is 45.8. The molecule has 0 bridgehead atoms. The van der Waals surface area contributed by atoms with E-state index in [1.165, 1.54) is 69.6 Å². The molecule has 0 spiro atoms. The molecule has 0 N–H and O–H groups in total. The van der Waals surface area contributed by atoms with Crippen molar-refractivity contribution in [3.8, 4) is 0 Å². The van der Waals surface area contributed by atoms with Crippen LogP contribution in [0.1, 0.15) is 26.3 Å². The number of rotatable bonds is 10. The van der Waals surface area contributed by atoms with E-state index in [2.05, 4.69) is 372 Å². The Labute approximate surface area is 550 Å². The molecular formula is C84H62B2N6Se. The Hall–Kier alpha value is -11.0. The van der Waals surface area contributed by atoms with Gasteiger partial charge in [0.2, 0.25) is 0 Å². The molecule has 0 amide bonds. The fourth-order valence-corrected chi connectivity index (χ4v) is 18.0. The van der Waals surface area contributed by atoms with Gasteiger partial charge in [-0.1, -0.05) is 42.5 Å². The van der Waals surface area contributed by atoms with Crippen molar-refractivity contribution in [2.45, 2.75) is 26.2 Å². The third-order valence-corrected chi connectivity index (χ3v) is 21.8. The van der Waals surface area contributed by atoms with Crippen molar-refractivity contribution >= 4 is 172 Å². The second-order valence-electron chi connectivity index (χ2n) is 25.7.